The maximum absolute atomic E-state index is 12.0. The van der Waals surface area contributed by atoms with Gasteiger partial charge in [-0.1, -0.05) is 42.6 Å². The maximum Gasteiger partial charge on any atom is 0.270 e. The molecule has 2 N–H and O–H groups in total. The Morgan fingerprint density at radius 1 is 1.21 bits per heavy atom. The minimum atomic E-state index is -0.186. The lowest BCUT2D eigenvalue weighted by Crippen LogP contribution is -2.25. The zero-order chi connectivity index (χ0) is 17.4. The standard InChI is InChI=1S/C17H20Cl2N4O/c1-2-3-8-20-16(24)15-7-10-22-17(23-15)21-9-6-12-4-5-13(18)11-14(12)19/h4-5,7,10-11H,2-3,6,8-9H2,1H3,(H,20,24)(H,21,22,23). The highest BCUT2D eigenvalue weighted by atomic mass is 35.5. The third-order valence-corrected chi connectivity index (χ3v) is 3.98. The average molecular weight is 367 g/mol. The van der Waals surface area contributed by atoms with Gasteiger partial charge in [0.2, 0.25) is 5.95 Å². The van der Waals surface area contributed by atoms with Crippen LogP contribution in [-0.2, 0) is 6.42 Å². The van der Waals surface area contributed by atoms with Crippen molar-refractivity contribution in [1.82, 2.24) is 15.3 Å². The number of nitrogens with zero attached hydrogens (tertiary/aromatic N) is 2. The SMILES string of the molecule is CCCCNC(=O)c1ccnc(NCCc2ccc(Cl)cc2Cl)n1. The molecule has 2 rings (SSSR count). The first-order valence-electron chi connectivity index (χ1n) is 7.89. The van der Waals surface area contributed by atoms with E-state index >= 15 is 0 Å². The summed E-state index contributed by atoms with van der Waals surface area (Å²) in [5.41, 5.74) is 1.34. The summed E-state index contributed by atoms with van der Waals surface area (Å²) in [6, 6.07) is 7.02. The first-order chi connectivity index (χ1) is 11.6. The van der Waals surface area contributed by atoms with Crippen molar-refractivity contribution in [2.75, 3.05) is 18.4 Å². The molecule has 0 bridgehead atoms. The van der Waals surface area contributed by atoms with Crippen molar-refractivity contribution in [3.05, 3.63) is 51.8 Å². The van der Waals surface area contributed by atoms with Gasteiger partial charge in [0.15, 0.2) is 0 Å². The van der Waals surface area contributed by atoms with Crippen LogP contribution in [0, 0.1) is 0 Å². The van der Waals surface area contributed by atoms with Crippen LogP contribution in [0.2, 0.25) is 10.0 Å². The monoisotopic (exact) mass is 366 g/mol. The van der Waals surface area contributed by atoms with Gasteiger partial charge in [-0.05, 0) is 36.6 Å². The second-order valence-electron chi connectivity index (χ2n) is 5.29. The summed E-state index contributed by atoms with van der Waals surface area (Å²) >= 11 is 12.0. The van der Waals surface area contributed by atoms with Crippen LogP contribution >= 0.6 is 23.2 Å². The zero-order valence-electron chi connectivity index (χ0n) is 13.5. The highest BCUT2D eigenvalue weighted by Crippen LogP contribution is 2.21. The Hall–Kier alpha value is -1.85. The summed E-state index contributed by atoms with van der Waals surface area (Å²) in [7, 11) is 0. The van der Waals surface area contributed by atoms with Crippen molar-refractivity contribution in [2.45, 2.75) is 26.2 Å². The molecule has 0 fully saturated rings. The van der Waals surface area contributed by atoms with E-state index in [0.29, 0.717) is 41.2 Å². The van der Waals surface area contributed by atoms with Gasteiger partial charge in [0.05, 0.1) is 0 Å². The molecule has 7 heteroatoms. The number of carbonyl (C=O) groups is 1. The molecule has 0 saturated carbocycles. The molecular weight excluding hydrogens is 347 g/mol. The molecule has 1 aromatic carbocycles. The predicted molar refractivity (Wildman–Crippen MR) is 97.9 cm³/mol. The van der Waals surface area contributed by atoms with Crippen molar-refractivity contribution in [2.24, 2.45) is 0 Å². The van der Waals surface area contributed by atoms with E-state index in [4.69, 9.17) is 23.2 Å². The molecule has 0 spiro atoms. The molecule has 0 saturated heterocycles. The van der Waals surface area contributed by atoms with E-state index in [0.717, 1.165) is 18.4 Å². The lowest BCUT2D eigenvalue weighted by atomic mass is 10.1. The van der Waals surface area contributed by atoms with Gasteiger partial charge < -0.3 is 10.6 Å². The van der Waals surface area contributed by atoms with Crippen LogP contribution in [0.5, 0.6) is 0 Å². The minimum absolute atomic E-state index is 0.186. The van der Waals surface area contributed by atoms with Crippen molar-refractivity contribution in [3.8, 4) is 0 Å². The number of nitrogens with one attached hydrogen (secondary N) is 2. The first kappa shape index (κ1) is 18.5. The van der Waals surface area contributed by atoms with Crippen molar-refractivity contribution in [1.29, 1.82) is 0 Å². The van der Waals surface area contributed by atoms with E-state index < -0.39 is 0 Å². The number of hydrogen-bond acceptors (Lipinski definition) is 4. The fourth-order valence-corrected chi connectivity index (χ4v) is 2.58. The molecule has 0 radical (unpaired) electrons. The molecule has 1 aromatic heterocycles. The van der Waals surface area contributed by atoms with E-state index in [2.05, 4.69) is 27.5 Å². The molecule has 5 nitrogen and oxygen atoms in total. The summed E-state index contributed by atoms with van der Waals surface area (Å²) in [5, 5.41) is 7.18. The van der Waals surface area contributed by atoms with Crippen LogP contribution in [0.15, 0.2) is 30.5 Å². The number of rotatable bonds is 8. The van der Waals surface area contributed by atoms with E-state index in [1.165, 1.54) is 0 Å². The molecule has 0 aliphatic carbocycles. The smallest absolute Gasteiger partial charge is 0.270 e. The largest absolute Gasteiger partial charge is 0.354 e. The molecule has 0 aliphatic rings. The Morgan fingerprint density at radius 3 is 2.79 bits per heavy atom. The fourth-order valence-electron chi connectivity index (χ4n) is 2.07. The molecule has 0 unspecified atom stereocenters. The number of benzene rings is 1. The second kappa shape index (κ2) is 9.45. The Morgan fingerprint density at radius 2 is 2.04 bits per heavy atom. The summed E-state index contributed by atoms with van der Waals surface area (Å²) in [6.45, 7) is 3.32. The molecule has 2 aromatic rings. The van der Waals surface area contributed by atoms with Gasteiger partial charge in [-0.25, -0.2) is 9.97 Å². The van der Waals surface area contributed by atoms with E-state index in [-0.39, 0.29) is 5.91 Å². The van der Waals surface area contributed by atoms with Crippen molar-refractivity contribution in [3.63, 3.8) is 0 Å². The molecule has 1 heterocycles. The van der Waals surface area contributed by atoms with E-state index in [1.54, 1.807) is 24.4 Å². The second-order valence-corrected chi connectivity index (χ2v) is 6.13. The molecule has 0 aliphatic heterocycles. The molecule has 1 amide bonds. The quantitative estimate of drug-likeness (QED) is 0.693. The fraction of sp³-hybridized carbons (Fsp3) is 0.353. The Bertz CT molecular complexity index is 694. The van der Waals surface area contributed by atoms with Crippen LogP contribution in [0.4, 0.5) is 5.95 Å². The average Bonchev–Trinajstić information content (AvgIpc) is 2.57. The van der Waals surface area contributed by atoms with Gasteiger partial charge >= 0.3 is 0 Å². The Labute approximate surface area is 151 Å². The Kier molecular flexibility index (Phi) is 7.28. The maximum atomic E-state index is 12.0. The Balaban J connectivity index is 1.88. The van der Waals surface area contributed by atoms with Gasteiger partial charge in [0, 0.05) is 29.3 Å². The third kappa shape index (κ3) is 5.65. The van der Waals surface area contributed by atoms with Crippen molar-refractivity contribution >= 4 is 35.1 Å². The number of unbranched alkanes of at least 4 members (excludes halogenated alkanes) is 1. The number of carbonyl (C=O) groups excluding carboxylic acids is 1. The number of amides is 1. The van der Waals surface area contributed by atoms with Crippen molar-refractivity contribution < 1.29 is 4.79 Å². The van der Waals surface area contributed by atoms with Gasteiger partial charge in [-0.2, -0.15) is 0 Å². The molecule has 0 atom stereocenters. The number of hydrogen-bond donors (Lipinski definition) is 2. The zero-order valence-corrected chi connectivity index (χ0v) is 15.0. The van der Waals surface area contributed by atoms with Crippen LogP contribution in [0.3, 0.4) is 0 Å². The van der Waals surface area contributed by atoms with Crippen LogP contribution in [-0.4, -0.2) is 29.0 Å². The summed E-state index contributed by atoms with van der Waals surface area (Å²) < 4.78 is 0. The number of halogens is 2. The number of anilines is 1. The normalized spacial score (nSPS) is 10.5. The summed E-state index contributed by atoms with van der Waals surface area (Å²) in [6.07, 6.45) is 4.25. The van der Waals surface area contributed by atoms with E-state index in [1.807, 2.05) is 6.07 Å². The van der Waals surface area contributed by atoms with Gasteiger partial charge in [0.1, 0.15) is 5.69 Å². The predicted octanol–water partition coefficient (Wildman–Crippen LogP) is 3.97. The minimum Gasteiger partial charge on any atom is -0.354 e. The van der Waals surface area contributed by atoms with Gasteiger partial charge in [-0.15, -0.1) is 0 Å². The van der Waals surface area contributed by atoms with Crippen LogP contribution in [0.25, 0.3) is 0 Å². The highest BCUT2D eigenvalue weighted by Gasteiger charge is 2.08. The summed E-state index contributed by atoms with van der Waals surface area (Å²) in [5.74, 6) is 0.234. The lowest BCUT2D eigenvalue weighted by molar-refractivity contribution is 0.0948. The lowest BCUT2D eigenvalue weighted by Gasteiger charge is -2.08. The highest BCUT2D eigenvalue weighted by molar-refractivity contribution is 6.35. The van der Waals surface area contributed by atoms with Crippen LogP contribution < -0.4 is 10.6 Å². The molecule has 24 heavy (non-hydrogen) atoms. The first-order valence-corrected chi connectivity index (χ1v) is 8.64. The molecular formula is C17H20Cl2N4O. The van der Waals surface area contributed by atoms with E-state index in [9.17, 15) is 4.79 Å². The topological polar surface area (TPSA) is 66.9 Å². The number of aromatic nitrogens is 2. The van der Waals surface area contributed by atoms with Crippen LogP contribution in [0.1, 0.15) is 35.8 Å². The van der Waals surface area contributed by atoms with Gasteiger partial charge in [0.25, 0.3) is 5.91 Å². The third-order valence-electron chi connectivity index (χ3n) is 3.40. The molecule has 128 valence electrons. The summed E-state index contributed by atoms with van der Waals surface area (Å²) in [4.78, 5) is 20.3. The van der Waals surface area contributed by atoms with Gasteiger partial charge in [-0.3, -0.25) is 4.79 Å².